The number of carbonyl (C=O) groups is 1. The van der Waals surface area contributed by atoms with Crippen molar-refractivity contribution in [2.45, 2.75) is 0 Å². The maximum atomic E-state index is 11.7. The molecular formula is C9H5Cl2N3O2S. The number of amides is 1. The first kappa shape index (κ1) is 12.1. The van der Waals surface area contributed by atoms with Gasteiger partial charge in [0.2, 0.25) is 9.47 Å². The summed E-state index contributed by atoms with van der Waals surface area (Å²) in [5, 5.41) is 19.2. The van der Waals surface area contributed by atoms with Gasteiger partial charge in [0.15, 0.2) is 0 Å². The van der Waals surface area contributed by atoms with Gasteiger partial charge in [0.05, 0.1) is 5.02 Å². The Hall–Kier alpha value is -1.37. The van der Waals surface area contributed by atoms with E-state index in [-0.39, 0.29) is 20.2 Å². The minimum absolute atomic E-state index is 0.0522. The summed E-state index contributed by atoms with van der Waals surface area (Å²) < 4.78 is 0.193. The summed E-state index contributed by atoms with van der Waals surface area (Å²) in [4.78, 5) is 11.7. The van der Waals surface area contributed by atoms with Crippen LogP contribution in [0, 0.1) is 0 Å². The second-order valence-corrected chi connectivity index (χ2v) is 4.95. The number of hydrogen-bond donors (Lipinski definition) is 2. The third kappa shape index (κ3) is 2.85. The molecule has 17 heavy (non-hydrogen) atoms. The Bertz CT molecular complexity index is 573. The first-order chi connectivity index (χ1) is 8.06. The van der Waals surface area contributed by atoms with Gasteiger partial charge in [0.1, 0.15) is 5.75 Å². The lowest BCUT2D eigenvalue weighted by molar-refractivity contribution is 0.102. The van der Waals surface area contributed by atoms with Gasteiger partial charge in [-0.05, 0) is 29.8 Å². The highest BCUT2D eigenvalue weighted by atomic mass is 35.5. The van der Waals surface area contributed by atoms with E-state index in [4.69, 9.17) is 23.2 Å². The number of phenolic OH excluding ortho intramolecular Hbond substituents is 1. The number of rotatable bonds is 2. The zero-order chi connectivity index (χ0) is 12.4. The van der Waals surface area contributed by atoms with Gasteiger partial charge in [-0.25, -0.2) is 0 Å². The zero-order valence-corrected chi connectivity index (χ0v) is 10.5. The highest BCUT2D eigenvalue weighted by Gasteiger charge is 2.12. The largest absolute Gasteiger partial charge is 0.506 e. The van der Waals surface area contributed by atoms with Crippen LogP contribution < -0.4 is 5.32 Å². The average molecular weight is 290 g/mol. The molecule has 1 aromatic carbocycles. The molecule has 5 nitrogen and oxygen atoms in total. The van der Waals surface area contributed by atoms with Crippen molar-refractivity contribution in [1.29, 1.82) is 0 Å². The van der Waals surface area contributed by atoms with Gasteiger partial charge < -0.3 is 10.4 Å². The van der Waals surface area contributed by atoms with Gasteiger partial charge in [-0.1, -0.05) is 22.9 Å². The molecule has 0 saturated heterocycles. The van der Waals surface area contributed by atoms with E-state index in [0.29, 0.717) is 5.69 Å². The Balaban J connectivity index is 2.15. The summed E-state index contributed by atoms with van der Waals surface area (Å²) in [6, 6.07) is 4.32. The lowest BCUT2D eigenvalue weighted by Crippen LogP contribution is -2.11. The van der Waals surface area contributed by atoms with Gasteiger partial charge in [-0.3, -0.25) is 4.79 Å². The lowest BCUT2D eigenvalue weighted by Gasteiger charge is -2.03. The molecule has 0 atom stereocenters. The van der Waals surface area contributed by atoms with Crippen molar-refractivity contribution in [3.63, 3.8) is 0 Å². The molecule has 2 N–H and O–H groups in total. The van der Waals surface area contributed by atoms with Crippen LogP contribution in [0.25, 0.3) is 0 Å². The van der Waals surface area contributed by atoms with Crippen LogP contribution in [0.15, 0.2) is 18.2 Å². The topological polar surface area (TPSA) is 75.1 Å². The number of hydrogen-bond acceptors (Lipinski definition) is 5. The first-order valence-corrected chi connectivity index (χ1v) is 5.92. The molecule has 2 aromatic rings. The molecule has 0 aliphatic rings. The van der Waals surface area contributed by atoms with Crippen LogP contribution in [0.3, 0.4) is 0 Å². The lowest BCUT2D eigenvalue weighted by atomic mass is 10.3. The molecule has 2 rings (SSSR count). The predicted octanol–water partition coefficient (Wildman–Crippen LogP) is 2.80. The molecule has 0 saturated carbocycles. The number of anilines is 1. The number of carbonyl (C=O) groups excluding carboxylic acids is 1. The van der Waals surface area contributed by atoms with Crippen LogP contribution in [-0.4, -0.2) is 21.2 Å². The fourth-order valence-electron chi connectivity index (χ4n) is 1.07. The monoisotopic (exact) mass is 289 g/mol. The SMILES string of the molecule is O=C(Nc1ccc(O)c(Cl)c1)c1nnc(Cl)s1. The molecule has 0 aliphatic carbocycles. The molecule has 8 heteroatoms. The van der Waals surface area contributed by atoms with Crippen LogP contribution >= 0.6 is 34.5 Å². The minimum atomic E-state index is -0.434. The van der Waals surface area contributed by atoms with Crippen molar-refractivity contribution >= 4 is 46.1 Å². The second kappa shape index (κ2) is 4.87. The highest BCUT2D eigenvalue weighted by Crippen LogP contribution is 2.26. The molecule has 1 amide bonds. The third-order valence-corrected chi connectivity index (χ3v) is 3.12. The van der Waals surface area contributed by atoms with Gasteiger partial charge in [0, 0.05) is 5.69 Å². The number of nitrogens with zero attached hydrogens (tertiary/aromatic N) is 2. The molecule has 1 aromatic heterocycles. The quantitative estimate of drug-likeness (QED) is 0.834. The Kier molecular flexibility index (Phi) is 3.46. The molecule has 88 valence electrons. The fourth-order valence-corrected chi connectivity index (χ4v) is 1.97. The Morgan fingerprint density at radius 3 is 2.71 bits per heavy atom. The number of aromatic hydroxyl groups is 1. The van der Waals surface area contributed by atoms with Gasteiger partial charge in [-0.15, -0.1) is 10.2 Å². The molecule has 0 radical (unpaired) electrons. The normalized spacial score (nSPS) is 10.2. The van der Waals surface area contributed by atoms with E-state index in [2.05, 4.69) is 15.5 Å². The van der Waals surface area contributed by atoms with E-state index < -0.39 is 5.91 Å². The standard InChI is InChI=1S/C9H5Cl2N3O2S/c10-5-3-4(1-2-6(5)15)12-7(16)8-13-14-9(11)17-8/h1-3,15H,(H,12,16). The van der Waals surface area contributed by atoms with Crippen LogP contribution in [0.5, 0.6) is 5.75 Å². The van der Waals surface area contributed by atoms with E-state index in [1.54, 1.807) is 0 Å². The summed E-state index contributed by atoms with van der Waals surface area (Å²) in [5.74, 6) is -0.486. The number of aromatic nitrogens is 2. The first-order valence-electron chi connectivity index (χ1n) is 4.35. The van der Waals surface area contributed by atoms with Crippen LogP contribution in [0.2, 0.25) is 9.49 Å². The van der Waals surface area contributed by atoms with Crippen molar-refractivity contribution in [3.05, 3.63) is 32.7 Å². The molecular weight excluding hydrogens is 285 g/mol. The van der Waals surface area contributed by atoms with Gasteiger partial charge in [0.25, 0.3) is 5.91 Å². The molecule has 1 heterocycles. The maximum Gasteiger partial charge on any atom is 0.286 e. The average Bonchev–Trinajstić information content (AvgIpc) is 2.70. The molecule has 0 spiro atoms. The van der Waals surface area contributed by atoms with Crippen molar-refractivity contribution in [2.24, 2.45) is 0 Å². The van der Waals surface area contributed by atoms with E-state index in [1.165, 1.54) is 18.2 Å². The Morgan fingerprint density at radius 1 is 1.35 bits per heavy atom. The number of benzene rings is 1. The summed E-state index contributed by atoms with van der Waals surface area (Å²) in [6.07, 6.45) is 0. The van der Waals surface area contributed by atoms with E-state index >= 15 is 0 Å². The maximum absolute atomic E-state index is 11.7. The molecule has 0 fully saturated rings. The molecule has 0 unspecified atom stereocenters. The number of phenols is 1. The van der Waals surface area contributed by atoms with Crippen molar-refractivity contribution in [3.8, 4) is 5.75 Å². The van der Waals surface area contributed by atoms with Gasteiger partial charge >= 0.3 is 0 Å². The molecule has 0 aliphatic heterocycles. The Labute approximate surface area is 110 Å². The van der Waals surface area contributed by atoms with Crippen molar-refractivity contribution in [1.82, 2.24) is 10.2 Å². The second-order valence-electron chi connectivity index (χ2n) is 2.98. The van der Waals surface area contributed by atoms with E-state index in [9.17, 15) is 9.90 Å². The predicted molar refractivity (Wildman–Crippen MR) is 66.0 cm³/mol. The zero-order valence-electron chi connectivity index (χ0n) is 8.15. The summed E-state index contributed by atoms with van der Waals surface area (Å²) in [5.41, 5.74) is 0.448. The summed E-state index contributed by atoms with van der Waals surface area (Å²) >= 11 is 12.2. The van der Waals surface area contributed by atoms with Crippen molar-refractivity contribution in [2.75, 3.05) is 5.32 Å². The number of nitrogens with one attached hydrogen (secondary N) is 1. The van der Waals surface area contributed by atoms with Gasteiger partial charge in [-0.2, -0.15) is 0 Å². The van der Waals surface area contributed by atoms with E-state index in [1.807, 2.05) is 0 Å². The van der Waals surface area contributed by atoms with Crippen molar-refractivity contribution < 1.29 is 9.90 Å². The number of halogens is 2. The van der Waals surface area contributed by atoms with Crippen LogP contribution in [-0.2, 0) is 0 Å². The van der Waals surface area contributed by atoms with Crippen LogP contribution in [0.1, 0.15) is 9.80 Å². The smallest absolute Gasteiger partial charge is 0.286 e. The van der Waals surface area contributed by atoms with E-state index in [0.717, 1.165) is 11.3 Å². The highest BCUT2D eigenvalue weighted by molar-refractivity contribution is 7.17. The summed E-state index contributed by atoms with van der Waals surface area (Å²) in [6.45, 7) is 0. The fraction of sp³-hybridized carbons (Fsp3) is 0. The molecule has 0 bridgehead atoms. The Morgan fingerprint density at radius 2 is 2.12 bits per heavy atom. The summed E-state index contributed by atoms with van der Waals surface area (Å²) in [7, 11) is 0. The minimum Gasteiger partial charge on any atom is -0.506 e. The third-order valence-electron chi connectivity index (χ3n) is 1.80. The van der Waals surface area contributed by atoms with Crippen LogP contribution in [0.4, 0.5) is 5.69 Å².